The number of nitrogens with zero attached hydrogens (tertiary/aromatic N) is 4. The van der Waals surface area contributed by atoms with Gasteiger partial charge in [-0.15, -0.1) is 11.3 Å². The Kier molecular flexibility index (Phi) is 5.03. The molecule has 0 radical (unpaired) electrons. The Labute approximate surface area is 166 Å². The van der Waals surface area contributed by atoms with Crippen molar-refractivity contribution >= 4 is 46.5 Å². The van der Waals surface area contributed by atoms with E-state index in [-0.39, 0.29) is 18.3 Å². The lowest BCUT2D eigenvalue weighted by Gasteiger charge is -2.22. The van der Waals surface area contributed by atoms with Gasteiger partial charge in [0, 0.05) is 19.2 Å². The summed E-state index contributed by atoms with van der Waals surface area (Å²) in [5.41, 5.74) is 5.97. The van der Waals surface area contributed by atoms with E-state index in [1.807, 2.05) is 42.5 Å². The van der Waals surface area contributed by atoms with Crippen LogP contribution in [0.2, 0.25) is 0 Å². The quantitative estimate of drug-likeness (QED) is 0.450. The molecule has 4 rings (SSSR count). The van der Waals surface area contributed by atoms with Crippen molar-refractivity contribution in [2.75, 3.05) is 13.7 Å². The van der Waals surface area contributed by atoms with E-state index in [4.69, 9.17) is 0 Å². The fraction of sp³-hybridized carbons (Fsp3) is 0.200. The number of hydrazone groups is 1. The highest BCUT2D eigenvalue weighted by Crippen LogP contribution is 2.29. The molecule has 1 aromatic heterocycles. The summed E-state index contributed by atoms with van der Waals surface area (Å²) in [5, 5.41) is 12.3. The first-order valence-corrected chi connectivity index (χ1v) is 9.76. The van der Waals surface area contributed by atoms with Gasteiger partial charge in [0.15, 0.2) is 0 Å². The summed E-state index contributed by atoms with van der Waals surface area (Å²) in [7, 11) is 1.92. The van der Waals surface area contributed by atoms with E-state index in [1.54, 1.807) is 22.9 Å². The Hall–Kier alpha value is -3.26. The van der Waals surface area contributed by atoms with Crippen molar-refractivity contribution in [1.82, 2.24) is 20.6 Å². The van der Waals surface area contributed by atoms with Crippen LogP contribution in [0.15, 0.2) is 63.0 Å². The first-order chi connectivity index (χ1) is 13.7. The number of amides is 1. The number of aromatic nitrogens is 1. The minimum absolute atomic E-state index is 0.265. The number of hydrogen-bond donors (Lipinski definition) is 2. The van der Waals surface area contributed by atoms with E-state index in [9.17, 15) is 4.79 Å². The van der Waals surface area contributed by atoms with Crippen LogP contribution in [0.1, 0.15) is 12.0 Å². The van der Waals surface area contributed by atoms with Gasteiger partial charge in [0.05, 0.1) is 33.8 Å². The molecule has 0 spiro atoms. The molecule has 1 aliphatic carbocycles. The second-order valence-corrected chi connectivity index (χ2v) is 7.34. The third-order valence-corrected chi connectivity index (χ3v) is 5.45. The highest BCUT2D eigenvalue weighted by Gasteiger charge is 2.26. The van der Waals surface area contributed by atoms with E-state index < -0.39 is 0 Å². The third-order valence-electron chi connectivity index (χ3n) is 4.66. The van der Waals surface area contributed by atoms with Crippen LogP contribution in [0.4, 0.5) is 0 Å². The molecular weight excluding hydrogens is 372 g/mol. The molecule has 28 heavy (non-hydrogen) atoms. The van der Waals surface area contributed by atoms with Crippen LogP contribution in [0.3, 0.4) is 0 Å². The number of carbonyl (C=O) groups excluding carboxylic acids is 1. The van der Waals surface area contributed by atoms with Gasteiger partial charge in [-0.25, -0.2) is 4.98 Å². The van der Waals surface area contributed by atoms with Crippen molar-refractivity contribution < 1.29 is 4.79 Å². The average molecular weight is 392 g/mol. The molecule has 0 fully saturated rings. The SMILES string of the molecule is C=N/C(=C\c1ccc2ncsc2c1)C(=O)NCNC1=C2C(C=NN2C)CC=C1. The molecule has 1 amide bonds. The van der Waals surface area contributed by atoms with Gasteiger partial charge in [0.1, 0.15) is 5.70 Å². The molecule has 0 saturated carbocycles. The van der Waals surface area contributed by atoms with E-state index in [0.29, 0.717) is 5.92 Å². The maximum absolute atomic E-state index is 12.5. The smallest absolute Gasteiger partial charge is 0.271 e. The number of benzene rings is 1. The first-order valence-electron chi connectivity index (χ1n) is 8.88. The standard InChI is InChI=1S/C20H20N6OS/c1-21-17(8-13-6-7-15-18(9-13)28-12-24-15)20(27)23-11-22-16-5-3-4-14-10-25-26(2)19(14)16/h3,5-10,12,14,22H,1,4,11H2,2H3,(H,23,27)/b17-8-. The number of hydrogen-bond acceptors (Lipinski definition) is 7. The van der Waals surface area contributed by atoms with Gasteiger partial charge in [0.2, 0.25) is 0 Å². The van der Waals surface area contributed by atoms with Crippen LogP contribution in [0.5, 0.6) is 0 Å². The van der Waals surface area contributed by atoms with Gasteiger partial charge in [0.25, 0.3) is 5.91 Å². The zero-order valence-corrected chi connectivity index (χ0v) is 16.2. The number of allylic oxidation sites excluding steroid dienone is 3. The van der Waals surface area contributed by atoms with Gasteiger partial charge >= 0.3 is 0 Å². The molecule has 7 nitrogen and oxygen atoms in total. The van der Waals surface area contributed by atoms with Crippen molar-refractivity contribution in [2.24, 2.45) is 16.0 Å². The predicted molar refractivity (Wildman–Crippen MR) is 114 cm³/mol. The number of fused-ring (bicyclic) bond motifs is 2. The Morgan fingerprint density at radius 3 is 3.25 bits per heavy atom. The van der Waals surface area contributed by atoms with E-state index in [0.717, 1.165) is 33.6 Å². The highest BCUT2D eigenvalue weighted by atomic mass is 32.1. The summed E-state index contributed by atoms with van der Waals surface area (Å²) in [5.74, 6) is 0.00465. The van der Waals surface area contributed by atoms with Crippen LogP contribution in [-0.2, 0) is 4.79 Å². The molecule has 2 aliphatic rings. The molecular formula is C20H20N6OS. The minimum Gasteiger partial charge on any atom is -0.366 e. The van der Waals surface area contributed by atoms with Crippen molar-refractivity contribution in [2.45, 2.75) is 6.42 Å². The summed E-state index contributed by atoms with van der Waals surface area (Å²) in [6.07, 6.45) is 8.74. The fourth-order valence-corrected chi connectivity index (χ4v) is 4.01. The molecule has 0 bridgehead atoms. The third kappa shape index (κ3) is 3.59. The maximum atomic E-state index is 12.5. The molecule has 2 heterocycles. The molecule has 1 aromatic carbocycles. The zero-order chi connectivity index (χ0) is 19.5. The number of aliphatic imine (C=N–C) groups is 1. The topological polar surface area (TPSA) is 82.0 Å². The minimum atomic E-state index is -0.287. The van der Waals surface area contributed by atoms with E-state index >= 15 is 0 Å². The van der Waals surface area contributed by atoms with Crippen LogP contribution < -0.4 is 10.6 Å². The van der Waals surface area contributed by atoms with Crippen LogP contribution in [0.25, 0.3) is 16.3 Å². The number of rotatable bonds is 6. The number of nitrogens with one attached hydrogen (secondary N) is 2. The monoisotopic (exact) mass is 392 g/mol. The molecule has 2 N–H and O–H groups in total. The largest absolute Gasteiger partial charge is 0.366 e. The second-order valence-electron chi connectivity index (χ2n) is 6.46. The van der Waals surface area contributed by atoms with Crippen molar-refractivity contribution in [3.05, 3.63) is 58.5 Å². The van der Waals surface area contributed by atoms with E-state index in [1.165, 1.54) is 0 Å². The maximum Gasteiger partial charge on any atom is 0.271 e. The normalized spacial score (nSPS) is 18.5. The molecule has 0 saturated heterocycles. The highest BCUT2D eigenvalue weighted by molar-refractivity contribution is 7.16. The summed E-state index contributed by atoms with van der Waals surface area (Å²) in [4.78, 5) is 20.6. The molecule has 8 heteroatoms. The molecule has 2 aromatic rings. The summed E-state index contributed by atoms with van der Waals surface area (Å²) in [6.45, 7) is 3.81. The first kappa shape index (κ1) is 18.1. The summed E-state index contributed by atoms with van der Waals surface area (Å²) >= 11 is 1.56. The predicted octanol–water partition coefficient (Wildman–Crippen LogP) is 2.72. The van der Waals surface area contributed by atoms with Gasteiger partial charge in [-0.1, -0.05) is 12.1 Å². The number of thiazole rings is 1. The Bertz CT molecular complexity index is 1050. The Morgan fingerprint density at radius 1 is 1.50 bits per heavy atom. The van der Waals surface area contributed by atoms with Crippen LogP contribution in [-0.4, -0.2) is 42.5 Å². The van der Waals surface area contributed by atoms with Crippen molar-refractivity contribution in [3.8, 4) is 0 Å². The lowest BCUT2D eigenvalue weighted by Crippen LogP contribution is -2.35. The molecule has 1 unspecified atom stereocenters. The lowest BCUT2D eigenvalue weighted by atomic mass is 9.97. The number of carbonyl (C=O) groups is 1. The molecule has 1 atom stereocenters. The van der Waals surface area contributed by atoms with Gasteiger partial charge in [-0.2, -0.15) is 5.10 Å². The second kappa shape index (κ2) is 7.77. The van der Waals surface area contributed by atoms with Gasteiger partial charge in [-0.3, -0.25) is 14.8 Å². The van der Waals surface area contributed by atoms with Crippen molar-refractivity contribution in [1.29, 1.82) is 0 Å². The zero-order valence-electron chi connectivity index (χ0n) is 15.4. The summed E-state index contributed by atoms with van der Waals surface area (Å²) < 4.78 is 1.06. The van der Waals surface area contributed by atoms with Crippen LogP contribution in [0, 0.1) is 5.92 Å². The van der Waals surface area contributed by atoms with Crippen molar-refractivity contribution in [3.63, 3.8) is 0 Å². The van der Waals surface area contributed by atoms with E-state index in [2.05, 4.69) is 38.5 Å². The van der Waals surface area contributed by atoms with Gasteiger partial charge < -0.3 is 10.6 Å². The Morgan fingerprint density at radius 2 is 2.39 bits per heavy atom. The van der Waals surface area contributed by atoms with Crippen LogP contribution >= 0.6 is 11.3 Å². The lowest BCUT2D eigenvalue weighted by molar-refractivity contribution is -0.117. The van der Waals surface area contributed by atoms with Gasteiger partial charge in [-0.05, 0) is 43.0 Å². The molecule has 142 valence electrons. The molecule has 1 aliphatic heterocycles. The average Bonchev–Trinajstić information content (AvgIpc) is 3.32. The summed E-state index contributed by atoms with van der Waals surface area (Å²) in [6, 6.07) is 5.82. The fourth-order valence-electron chi connectivity index (χ4n) is 3.28. The Balaban J connectivity index is 1.41.